The molecule has 5 nitrogen and oxygen atoms in total. The molecule has 2 aromatic rings. The van der Waals surface area contributed by atoms with Crippen LogP contribution in [0.5, 0.6) is 5.75 Å². The van der Waals surface area contributed by atoms with Gasteiger partial charge in [0, 0.05) is 30.9 Å². The number of hydrogen-bond donors (Lipinski definition) is 0. The van der Waals surface area contributed by atoms with E-state index in [9.17, 15) is 4.79 Å². The zero-order valence-electron chi connectivity index (χ0n) is 17.3. The molecule has 0 saturated heterocycles. The summed E-state index contributed by atoms with van der Waals surface area (Å²) in [6.07, 6.45) is 2.97. The molecule has 158 valence electrons. The Kier molecular flexibility index (Phi) is 5.01. The molecule has 3 aliphatic rings. The van der Waals surface area contributed by atoms with Crippen molar-refractivity contribution in [1.29, 1.82) is 0 Å². The van der Waals surface area contributed by atoms with Gasteiger partial charge in [0.05, 0.1) is 13.7 Å². The first-order valence-electron chi connectivity index (χ1n) is 10.8. The largest absolute Gasteiger partial charge is 0.494 e. The topological polar surface area (TPSA) is 42.0 Å². The van der Waals surface area contributed by atoms with Crippen LogP contribution in [0, 0.1) is 11.7 Å². The molecule has 1 aliphatic carbocycles. The molecule has 0 bridgehead atoms. The van der Waals surface area contributed by atoms with Crippen molar-refractivity contribution in [2.75, 3.05) is 31.6 Å². The summed E-state index contributed by atoms with van der Waals surface area (Å²) in [7, 11) is 1.51. The van der Waals surface area contributed by atoms with Gasteiger partial charge in [0.2, 0.25) is 0 Å². The summed E-state index contributed by atoms with van der Waals surface area (Å²) in [5.41, 5.74) is 3.69. The first-order valence-corrected chi connectivity index (χ1v) is 10.8. The molecule has 0 spiro atoms. The van der Waals surface area contributed by atoms with E-state index >= 15 is 4.39 Å². The third-order valence-electron chi connectivity index (χ3n) is 6.80. The molecule has 2 unspecified atom stereocenters. The second-order valence-corrected chi connectivity index (χ2v) is 8.52. The Morgan fingerprint density at radius 1 is 1.20 bits per heavy atom. The summed E-state index contributed by atoms with van der Waals surface area (Å²) in [6.45, 7) is 2.83. The van der Waals surface area contributed by atoms with Gasteiger partial charge in [-0.2, -0.15) is 0 Å². The van der Waals surface area contributed by atoms with Crippen molar-refractivity contribution in [3.05, 3.63) is 58.9 Å². The van der Waals surface area contributed by atoms with Crippen LogP contribution < -0.4 is 9.64 Å². The summed E-state index contributed by atoms with van der Waals surface area (Å²) in [6, 6.07) is 11.4. The molecular formula is C24H27FN2O3. The molecule has 6 heteroatoms. The van der Waals surface area contributed by atoms with Gasteiger partial charge in [-0.25, -0.2) is 9.18 Å². The molecule has 0 aromatic heterocycles. The van der Waals surface area contributed by atoms with Crippen molar-refractivity contribution in [2.24, 2.45) is 5.92 Å². The fourth-order valence-corrected chi connectivity index (χ4v) is 5.39. The van der Waals surface area contributed by atoms with E-state index in [1.165, 1.54) is 7.11 Å². The van der Waals surface area contributed by atoms with Crippen LogP contribution in [-0.2, 0) is 17.9 Å². The molecule has 1 fully saturated rings. The number of hydrogen-bond acceptors (Lipinski definition) is 4. The number of amides is 1. The number of halogens is 1. The highest BCUT2D eigenvalue weighted by molar-refractivity contribution is 5.72. The highest BCUT2D eigenvalue weighted by Crippen LogP contribution is 2.52. The number of fused-ring (bicyclic) bond motifs is 2. The second kappa shape index (κ2) is 7.82. The van der Waals surface area contributed by atoms with Crippen LogP contribution in [0.25, 0.3) is 0 Å². The maximum atomic E-state index is 15.3. The lowest BCUT2D eigenvalue weighted by molar-refractivity contribution is 0.0953. The van der Waals surface area contributed by atoms with E-state index in [0.29, 0.717) is 25.6 Å². The van der Waals surface area contributed by atoms with Gasteiger partial charge in [-0.05, 0) is 41.9 Å². The Hall–Kier alpha value is -2.76. The Morgan fingerprint density at radius 3 is 2.83 bits per heavy atom. The van der Waals surface area contributed by atoms with Crippen LogP contribution in [0.1, 0.15) is 41.9 Å². The third kappa shape index (κ3) is 3.28. The van der Waals surface area contributed by atoms with E-state index in [-0.39, 0.29) is 30.2 Å². The highest BCUT2D eigenvalue weighted by Gasteiger charge is 2.42. The van der Waals surface area contributed by atoms with Crippen molar-refractivity contribution in [3.63, 3.8) is 0 Å². The summed E-state index contributed by atoms with van der Waals surface area (Å²) in [5, 5.41) is 0. The predicted molar refractivity (Wildman–Crippen MR) is 112 cm³/mol. The maximum absolute atomic E-state index is 15.3. The fraction of sp³-hybridized carbons (Fsp3) is 0.458. The van der Waals surface area contributed by atoms with Crippen LogP contribution in [0.2, 0.25) is 0 Å². The van der Waals surface area contributed by atoms with Crippen LogP contribution in [-0.4, -0.2) is 37.7 Å². The second-order valence-electron chi connectivity index (χ2n) is 8.52. The van der Waals surface area contributed by atoms with Crippen molar-refractivity contribution < 1.29 is 18.7 Å². The molecule has 2 heterocycles. The molecule has 5 rings (SSSR count). The number of anilines is 1. The summed E-state index contributed by atoms with van der Waals surface area (Å²) >= 11 is 0. The lowest BCUT2D eigenvalue weighted by Crippen LogP contribution is -2.40. The number of rotatable bonds is 3. The van der Waals surface area contributed by atoms with Gasteiger partial charge in [-0.1, -0.05) is 36.8 Å². The summed E-state index contributed by atoms with van der Waals surface area (Å²) in [4.78, 5) is 16.8. The average molecular weight is 410 g/mol. The molecule has 1 amide bonds. The zero-order valence-corrected chi connectivity index (χ0v) is 17.3. The van der Waals surface area contributed by atoms with Crippen molar-refractivity contribution >= 4 is 11.8 Å². The Labute approximate surface area is 176 Å². The number of carbonyl (C=O) groups is 1. The Balaban J connectivity index is 1.44. The number of benzene rings is 2. The first-order chi connectivity index (χ1) is 14.7. The number of ether oxygens (including phenoxy) is 2. The molecule has 2 aromatic carbocycles. The quantitative estimate of drug-likeness (QED) is 0.736. The van der Waals surface area contributed by atoms with Crippen LogP contribution >= 0.6 is 0 Å². The van der Waals surface area contributed by atoms with Gasteiger partial charge in [-0.15, -0.1) is 0 Å². The van der Waals surface area contributed by atoms with Gasteiger partial charge in [0.15, 0.2) is 11.6 Å². The van der Waals surface area contributed by atoms with Crippen LogP contribution in [0.15, 0.2) is 36.4 Å². The van der Waals surface area contributed by atoms with Crippen molar-refractivity contribution in [1.82, 2.24) is 4.90 Å². The van der Waals surface area contributed by atoms with E-state index in [0.717, 1.165) is 48.2 Å². The molecule has 0 N–H and O–H groups in total. The summed E-state index contributed by atoms with van der Waals surface area (Å²) < 4.78 is 26.3. The monoisotopic (exact) mass is 410 g/mol. The van der Waals surface area contributed by atoms with Crippen molar-refractivity contribution in [3.8, 4) is 5.75 Å². The first kappa shape index (κ1) is 19.2. The van der Waals surface area contributed by atoms with E-state index in [1.807, 2.05) is 30.3 Å². The maximum Gasteiger partial charge on any atom is 0.410 e. The lowest BCUT2D eigenvalue weighted by atomic mass is 9.81. The van der Waals surface area contributed by atoms with Crippen molar-refractivity contribution in [2.45, 2.75) is 38.3 Å². The van der Waals surface area contributed by atoms with E-state index in [4.69, 9.17) is 9.47 Å². The van der Waals surface area contributed by atoms with E-state index < -0.39 is 0 Å². The number of methoxy groups -OCH3 is 1. The minimum Gasteiger partial charge on any atom is -0.494 e. The molecule has 2 aliphatic heterocycles. The van der Waals surface area contributed by atoms with Gasteiger partial charge in [-0.3, -0.25) is 0 Å². The van der Waals surface area contributed by atoms with Gasteiger partial charge in [0.25, 0.3) is 0 Å². The minimum absolute atomic E-state index is 0.224. The normalized spacial score (nSPS) is 22.2. The van der Waals surface area contributed by atoms with Gasteiger partial charge in [0.1, 0.15) is 6.61 Å². The predicted octanol–water partition coefficient (Wildman–Crippen LogP) is 4.69. The average Bonchev–Trinajstić information content (AvgIpc) is 3.16. The van der Waals surface area contributed by atoms with Crippen LogP contribution in [0.4, 0.5) is 14.9 Å². The highest BCUT2D eigenvalue weighted by atomic mass is 19.1. The Bertz CT molecular complexity index is 949. The molecular weight excluding hydrogens is 383 g/mol. The number of carbonyl (C=O) groups excluding carboxylic acids is 1. The van der Waals surface area contributed by atoms with E-state index in [1.54, 1.807) is 11.0 Å². The molecule has 0 radical (unpaired) electrons. The molecule has 30 heavy (non-hydrogen) atoms. The van der Waals surface area contributed by atoms with Gasteiger partial charge >= 0.3 is 6.09 Å². The number of nitrogens with zero attached hydrogens (tertiary/aromatic N) is 2. The van der Waals surface area contributed by atoms with E-state index in [2.05, 4.69) is 4.90 Å². The fourth-order valence-electron chi connectivity index (χ4n) is 5.39. The Morgan fingerprint density at radius 2 is 2.03 bits per heavy atom. The minimum atomic E-state index is -0.337. The molecule has 1 saturated carbocycles. The molecule has 2 atom stereocenters. The zero-order chi connectivity index (χ0) is 20.7. The SMILES string of the molecule is COc1cc2c3c(c1F)C1CCCC1CN3CCN(C(=O)OCc1ccccc1)C2. The van der Waals surface area contributed by atoms with Crippen LogP contribution in [0.3, 0.4) is 0 Å². The smallest absolute Gasteiger partial charge is 0.410 e. The summed E-state index contributed by atoms with van der Waals surface area (Å²) in [5.74, 6) is 0.777. The standard InChI is InChI=1S/C24H27FN2O3/c1-29-20-12-18-14-27(24(28)30-15-16-6-3-2-4-7-16)11-10-26-13-17-8-5-9-19(17)21(22(20)25)23(18)26/h2-4,6-7,12,17,19H,5,8-11,13-15H2,1H3. The third-order valence-corrected chi connectivity index (χ3v) is 6.80. The lowest BCUT2D eigenvalue weighted by Gasteiger charge is -2.39. The van der Waals surface area contributed by atoms with Gasteiger partial charge < -0.3 is 19.3 Å².